The van der Waals surface area contributed by atoms with Gasteiger partial charge in [0.1, 0.15) is 6.10 Å². The predicted molar refractivity (Wildman–Crippen MR) is 73.9 cm³/mol. The molecule has 1 amide bonds. The molecule has 1 spiro atoms. The van der Waals surface area contributed by atoms with Gasteiger partial charge in [-0.1, -0.05) is 19.3 Å². The van der Waals surface area contributed by atoms with Crippen LogP contribution in [0.5, 0.6) is 0 Å². The fourth-order valence-corrected chi connectivity index (χ4v) is 3.93. The Labute approximate surface area is 115 Å². The number of hydrogen-bond donors (Lipinski definition) is 1. The molecule has 4 heteroatoms. The van der Waals surface area contributed by atoms with Crippen LogP contribution in [0.25, 0.3) is 0 Å². The monoisotopic (exact) mass is 266 g/mol. The number of carbonyl (C=O) groups is 1. The molecule has 4 nitrogen and oxygen atoms in total. The zero-order valence-electron chi connectivity index (χ0n) is 11.8. The maximum Gasteiger partial charge on any atom is 0.253 e. The highest BCUT2D eigenvalue weighted by molar-refractivity contribution is 5.81. The fourth-order valence-electron chi connectivity index (χ4n) is 3.93. The molecule has 1 atom stereocenters. The van der Waals surface area contributed by atoms with Crippen molar-refractivity contribution in [1.82, 2.24) is 10.2 Å². The van der Waals surface area contributed by atoms with E-state index in [1.54, 1.807) is 0 Å². The number of amides is 1. The molecule has 0 bridgehead atoms. The summed E-state index contributed by atoms with van der Waals surface area (Å²) in [4.78, 5) is 14.4. The molecule has 0 radical (unpaired) electrons. The molecule has 1 aliphatic carbocycles. The number of ether oxygens (including phenoxy) is 1. The van der Waals surface area contributed by atoms with E-state index in [2.05, 4.69) is 5.32 Å². The van der Waals surface area contributed by atoms with Gasteiger partial charge >= 0.3 is 0 Å². The number of carbonyl (C=O) groups excluding carboxylic acids is 1. The highest BCUT2D eigenvalue weighted by Crippen LogP contribution is 2.44. The lowest BCUT2D eigenvalue weighted by molar-refractivity contribution is -0.147. The van der Waals surface area contributed by atoms with E-state index in [9.17, 15) is 4.79 Å². The van der Waals surface area contributed by atoms with Crippen LogP contribution in [-0.4, -0.2) is 49.7 Å². The molecule has 1 saturated carbocycles. The van der Waals surface area contributed by atoms with Crippen LogP contribution in [0.15, 0.2) is 0 Å². The van der Waals surface area contributed by atoms with Crippen molar-refractivity contribution in [3.63, 3.8) is 0 Å². The molecule has 19 heavy (non-hydrogen) atoms. The van der Waals surface area contributed by atoms with E-state index in [4.69, 9.17) is 4.74 Å². The SMILES string of the molecule is O=C(C1CNCCO1)N1CCC2(CCCCC2)CC1. The molecule has 3 fully saturated rings. The minimum Gasteiger partial charge on any atom is -0.366 e. The van der Waals surface area contributed by atoms with Gasteiger partial charge in [0.25, 0.3) is 5.91 Å². The van der Waals surface area contributed by atoms with E-state index in [0.717, 1.165) is 19.6 Å². The van der Waals surface area contributed by atoms with Crippen molar-refractivity contribution in [2.75, 3.05) is 32.8 Å². The Morgan fingerprint density at radius 3 is 2.47 bits per heavy atom. The minimum absolute atomic E-state index is 0.206. The number of hydrogen-bond acceptors (Lipinski definition) is 3. The average molecular weight is 266 g/mol. The lowest BCUT2D eigenvalue weighted by Crippen LogP contribution is -2.52. The smallest absolute Gasteiger partial charge is 0.253 e. The Hall–Kier alpha value is -0.610. The van der Waals surface area contributed by atoms with Crippen molar-refractivity contribution in [1.29, 1.82) is 0 Å². The second-order valence-electron chi connectivity index (χ2n) is 6.45. The van der Waals surface area contributed by atoms with Crippen molar-refractivity contribution < 1.29 is 9.53 Å². The van der Waals surface area contributed by atoms with Crippen LogP contribution < -0.4 is 5.32 Å². The third-order valence-corrected chi connectivity index (χ3v) is 5.25. The zero-order valence-corrected chi connectivity index (χ0v) is 11.8. The number of likely N-dealkylation sites (tertiary alicyclic amines) is 1. The van der Waals surface area contributed by atoms with Gasteiger partial charge < -0.3 is 15.0 Å². The number of piperidine rings is 1. The number of morpholine rings is 1. The van der Waals surface area contributed by atoms with Crippen molar-refractivity contribution in [3.05, 3.63) is 0 Å². The highest BCUT2D eigenvalue weighted by Gasteiger charge is 2.38. The van der Waals surface area contributed by atoms with Gasteiger partial charge in [0.15, 0.2) is 0 Å². The molecule has 3 aliphatic rings. The second-order valence-corrected chi connectivity index (χ2v) is 6.45. The van der Waals surface area contributed by atoms with Crippen molar-refractivity contribution in [2.45, 2.75) is 51.0 Å². The fraction of sp³-hybridized carbons (Fsp3) is 0.933. The lowest BCUT2D eigenvalue weighted by Gasteiger charge is -2.45. The number of nitrogens with one attached hydrogen (secondary N) is 1. The minimum atomic E-state index is -0.242. The Balaban J connectivity index is 1.52. The lowest BCUT2D eigenvalue weighted by atomic mass is 9.68. The summed E-state index contributed by atoms with van der Waals surface area (Å²) in [7, 11) is 0. The largest absolute Gasteiger partial charge is 0.366 e. The Morgan fingerprint density at radius 2 is 1.84 bits per heavy atom. The first-order valence-corrected chi connectivity index (χ1v) is 7.90. The summed E-state index contributed by atoms with van der Waals surface area (Å²) in [5, 5.41) is 3.24. The van der Waals surface area contributed by atoms with E-state index < -0.39 is 0 Å². The van der Waals surface area contributed by atoms with E-state index >= 15 is 0 Å². The molecule has 108 valence electrons. The quantitative estimate of drug-likeness (QED) is 0.783. The maximum atomic E-state index is 12.4. The molecular formula is C15H26N2O2. The van der Waals surface area contributed by atoms with Crippen LogP contribution >= 0.6 is 0 Å². The first-order chi connectivity index (χ1) is 9.29. The molecule has 2 heterocycles. The third kappa shape index (κ3) is 2.95. The summed E-state index contributed by atoms with van der Waals surface area (Å²) >= 11 is 0. The molecule has 0 aromatic rings. The van der Waals surface area contributed by atoms with Gasteiger partial charge in [-0.2, -0.15) is 0 Å². The molecule has 1 unspecified atom stereocenters. The summed E-state index contributed by atoms with van der Waals surface area (Å²) in [6.07, 6.45) is 9.14. The van der Waals surface area contributed by atoms with Crippen LogP contribution in [0, 0.1) is 5.41 Å². The van der Waals surface area contributed by atoms with Gasteiger partial charge in [0.2, 0.25) is 0 Å². The van der Waals surface area contributed by atoms with Gasteiger partial charge in [-0.25, -0.2) is 0 Å². The number of nitrogens with zero attached hydrogens (tertiary/aromatic N) is 1. The highest BCUT2D eigenvalue weighted by atomic mass is 16.5. The molecule has 1 N–H and O–H groups in total. The Kier molecular flexibility index (Phi) is 4.08. The van der Waals surface area contributed by atoms with E-state index in [1.807, 2.05) is 4.90 Å². The van der Waals surface area contributed by atoms with E-state index in [-0.39, 0.29) is 12.0 Å². The van der Waals surface area contributed by atoms with Crippen LogP contribution in [0.1, 0.15) is 44.9 Å². The molecule has 3 rings (SSSR count). The average Bonchev–Trinajstić information content (AvgIpc) is 2.49. The van der Waals surface area contributed by atoms with Gasteiger partial charge in [-0.3, -0.25) is 4.79 Å². The molecule has 0 aromatic heterocycles. The first kappa shape index (κ1) is 13.4. The topological polar surface area (TPSA) is 41.6 Å². The summed E-state index contributed by atoms with van der Waals surface area (Å²) < 4.78 is 5.58. The molecule has 2 saturated heterocycles. The van der Waals surface area contributed by atoms with Gasteiger partial charge in [-0.05, 0) is 31.1 Å². The Bertz CT molecular complexity index is 310. The normalized spacial score (nSPS) is 31.4. The summed E-state index contributed by atoms with van der Waals surface area (Å²) in [5.41, 5.74) is 0.570. The zero-order chi connectivity index (χ0) is 13.1. The van der Waals surface area contributed by atoms with Crippen molar-refractivity contribution in [3.8, 4) is 0 Å². The van der Waals surface area contributed by atoms with Crippen molar-refractivity contribution in [2.24, 2.45) is 5.41 Å². The van der Waals surface area contributed by atoms with Gasteiger partial charge in [-0.15, -0.1) is 0 Å². The molecule has 2 aliphatic heterocycles. The van der Waals surface area contributed by atoms with E-state index in [0.29, 0.717) is 18.6 Å². The van der Waals surface area contributed by atoms with Crippen LogP contribution in [0.2, 0.25) is 0 Å². The number of rotatable bonds is 1. The van der Waals surface area contributed by atoms with Gasteiger partial charge in [0, 0.05) is 26.2 Å². The van der Waals surface area contributed by atoms with E-state index in [1.165, 1.54) is 44.9 Å². The van der Waals surface area contributed by atoms with Crippen LogP contribution in [0.4, 0.5) is 0 Å². The van der Waals surface area contributed by atoms with Crippen LogP contribution in [-0.2, 0) is 9.53 Å². The standard InChI is InChI=1S/C15H26N2O2/c18-14(13-12-16-8-11-19-13)17-9-6-15(7-10-17)4-2-1-3-5-15/h13,16H,1-12H2. The van der Waals surface area contributed by atoms with Gasteiger partial charge in [0.05, 0.1) is 6.61 Å². The first-order valence-electron chi connectivity index (χ1n) is 7.90. The predicted octanol–water partition coefficient (Wildman–Crippen LogP) is 1.55. The summed E-state index contributed by atoms with van der Waals surface area (Å²) in [6, 6.07) is 0. The van der Waals surface area contributed by atoms with Crippen molar-refractivity contribution >= 4 is 5.91 Å². The third-order valence-electron chi connectivity index (χ3n) is 5.25. The Morgan fingerprint density at radius 1 is 1.11 bits per heavy atom. The second kappa shape index (κ2) is 5.80. The molecular weight excluding hydrogens is 240 g/mol. The molecule has 0 aromatic carbocycles. The van der Waals surface area contributed by atoms with Crippen LogP contribution in [0.3, 0.4) is 0 Å². The summed E-state index contributed by atoms with van der Waals surface area (Å²) in [5.74, 6) is 0.206. The summed E-state index contributed by atoms with van der Waals surface area (Å²) in [6.45, 7) is 4.10. The maximum absolute atomic E-state index is 12.4.